The van der Waals surface area contributed by atoms with Gasteiger partial charge in [-0.05, 0) is 46.9 Å². The number of rotatable bonds is 9. The molecule has 0 fully saturated rings. The fraction of sp³-hybridized carbons (Fsp3) is 0.172. The van der Waals surface area contributed by atoms with Gasteiger partial charge in [-0.15, -0.1) is 0 Å². The number of hydrogen-bond donors (Lipinski definition) is 3. The van der Waals surface area contributed by atoms with Crippen LogP contribution in [0.1, 0.15) is 42.1 Å². The topological polar surface area (TPSA) is 100 Å². The first kappa shape index (κ1) is 24.4. The normalized spacial score (nSPS) is 11.1. The van der Waals surface area contributed by atoms with Gasteiger partial charge in [-0.2, -0.15) is 4.98 Å². The number of aromatic nitrogens is 3. The molecule has 0 bridgehead atoms. The lowest BCUT2D eigenvalue weighted by atomic mass is 10.0. The summed E-state index contributed by atoms with van der Waals surface area (Å²) in [7, 11) is 0. The van der Waals surface area contributed by atoms with E-state index in [1.54, 1.807) is 23.5 Å². The summed E-state index contributed by atoms with van der Waals surface area (Å²) in [4.78, 5) is 25.2. The lowest BCUT2D eigenvalue weighted by molar-refractivity contribution is -0.136. The smallest absolute Gasteiger partial charge is 0.307 e. The molecule has 2 heterocycles. The Balaban J connectivity index is 1.43. The van der Waals surface area contributed by atoms with E-state index < -0.39 is 5.97 Å². The lowest BCUT2D eigenvalue weighted by Crippen LogP contribution is -2.05. The molecule has 0 amide bonds. The summed E-state index contributed by atoms with van der Waals surface area (Å²) in [6.07, 6.45) is 0.639. The van der Waals surface area contributed by atoms with Gasteiger partial charge < -0.3 is 15.7 Å². The van der Waals surface area contributed by atoms with Gasteiger partial charge in [0, 0.05) is 18.2 Å². The minimum atomic E-state index is -0.858. The standard InChI is InChI=1S/C29H27N5O2S/c1-18(2)21-10-13-24-25(16-21)37-29(32-24)34-26-17-23(14-19-6-4-3-5-7-19)31-28(33-26)30-22-11-8-20(9-12-22)15-27(35)36/h3-13,16-18H,14-15H2,1-2H3,(H,35,36)(H2,30,31,32,33,34). The van der Waals surface area contributed by atoms with Crippen molar-refractivity contribution < 1.29 is 9.90 Å². The quantitative estimate of drug-likeness (QED) is 0.198. The SMILES string of the molecule is CC(C)c1ccc2nc(Nc3cc(Cc4ccccc4)nc(Nc4ccc(CC(=O)O)cc4)n3)sc2c1. The number of nitrogens with one attached hydrogen (secondary N) is 2. The summed E-state index contributed by atoms with van der Waals surface area (Å²) < 4.78 is 1.13. The van der Waals surface area contributed by atoms with Gasteiger partial charge in [-0.1, -0.05) is 73.7 Å². The van der Waals surface area contributed by atoms with Crippen molar-refractivity contribution in [3.05, 3.63) is 101 Å². The monoisotopic (exact) mass is 509 g/mol. The predicted molar refractivity (Wildman–Crippen MR) is 149 cm³/mol. The van der Waals surface area contributed by atoms with Gasteiger partial charge in [0.15, 0.2) is 5.13 Å². The number of hydrogen-bond acceptors (Lipinski definition) is 7. The van der Waals surface area contributed by atoms with Gasteiger partial charge in [0.2, 0.25) is 5.95 Å². The van der Waals surface area contributed by atoms with Crippen molar-refractivity contribution in [3.63, 3.8) is 0 Å². The second-order valence-corrected chi connectivity index (χ2v) is 10.2. The molecule has 0 aliphatic heterocycles. The Hall–Kier alpha value is -4.30. The average Bonchev–Trinajstić information content (AvgIpc) is 3.27. The highest BCUT2D eigenvalue weighted by Crippen LogP contribution is 2.31. The van der Waals surface area contributed by atoms with E-state index in [0.717, 1.165) is 37.9 Å². The van der Waals surface area contributed by atoms with Gasteiger partial charge in [0.25, 0.3) is 0 Å². The van der Waals surface area contributed by atoms with Crippen LogP contribution in [0.25, 0.3) is 10.2 Å². The molecule has 0 unspecified atom stereocenters. The Morgan fingerprint density at radius 3 is 2.41 bits per heavy atom. The third kappa shape index (κ3) is 6.29. The summed E-state index contributed by atoms with van der Waals surface area (Å²) in [5.74, 6) is 0.694. The van der Waals surface area contributed by atoms with Gasteiger partial charge in [-0.3, -0.25) is 4.79 Å². The van der Waals surface area contributed by atoms with Crippen LogP contribution in [0.4, 0.5) is 22.6 Å². The average molecular weight is 510 g/mol. The van der Waals surface area contributed by atoms with Crippen LogP contribution in [-0.2, 0) is 17.6 Å². The molecule has 0 aliphatic rings. The number of carboxylic acid groups (broad SMARTS) is 1. The third-order valence-electron chi connectivity index (χ3n) is 5.89. The Kier molecular flexibility index (Phi) is 7.09. The van der Waals surface area contributed by atoms with Crippen LogP contribution < -0.4 is 10.6 Å². The van der Waals surface area contributed by atoms with E-state index >= 15 is 0 Å². The van der Waals surface area contributed by atoms with Crippen molar-refractivity contribution in [3.8, 4) is 0 Å². The highest BCUT2D eigenvalue weighted by atomic mass is 32.1. The van der Waals surface area contributed by atoms with Crippen molar-refractivity contribution >= 4 is 50.1 Å². The molecule has 3 N–H and O–H groups in total. The third-order valence-corrected chi connectivity index (χ3v) is 6.82. The highest BCUT2D eigenvalue weighted by Gasteiger charge is 2.11. The van der Waals surface area contributed by atoms with Crippen molar-refractivity contribution in [1.29, 1.82) is 0 Å². The summed E-state index contributed by atoms with van der Waals surface area (Å²) >= 11 is 1.60. The van der Waals surface area contributed by atoms with Crippen LogP contribution in [-0.4, -0.2) is 26.0 Å². The molecule has 3 aromatic carbocycles. The molecule has 0 saturated carbocycles. The van der Waals surface area contributed by atoms with Crippen molar-refractivity contribution in [2.45, 2.75) is 32.6 Å². The molecule has 5 aromatic rings. The van der Waals surface area contributed by atoms with Crippen LogP contribution in [0.3, 0.4) is 0 Å². The molecule has 8 heteroatoms. The molecule has 0 radical (unpaired) electrons. The molecule has 5 rings (SSSR count). The maximum atomic E-state index is 11.0. The number of fused-ring (bicyclic) bond motifs is 1. The Morgan fingerprint density at radius 1 is 0.892 bits per heavy atom. The fourth-order valence-corrected chi connectivity index (χ4v) is 4.91. The van der Waals surface area contributed by atoms with Gasteiger partial charge >= 0.3 is 5.97 Å². The molecular weight excluding hydrogens is 482 g/mol. The lowest BCUT2D eigenvalue weighted by Gasteiger charge is -2.11. The van der Waals surface area contributed by atoms with Crippen LogP contribution in [0.15, 0.2) is 78.9 Å². The van der Waals surface area contributed by atoms with E-state index in [-0.39, 0.29) is 6.42 Å². The maximum absolute atomic E-state index is 11.0. The second kappa shape index (κ2) is 10.8. The van der Waals surface area contributed by atoms with Gasteiger partial charge in [-0.25, -0.2) is 9.97 Å². The molecular formula is C29H27N5O2S. The van der Waals surface area contributed by atoms with Crippen LogP contribution in [0.5, 0.6) is 0 Å². The molecule has 0 saturated heterocycles. The van der Waals surface area contributed by atoms with E-state index in [4.69, 9.17) is 20.1 Å². The second-order valence-electron chi connectivity index (χ2n) is 9.15. The minimum absolute atomic E-state index is 0.0156. The summed E-state index contributed by atoms with van der Waals surface area (Å²) in [5, 5.41) is 16.4. The van der Waals surface area contributed by atoms with E-state index in [1.165, 1.54) is 5.56 Å². The zero-order valence-electron chi connectivity index (χ0n) is 20.6. The number of carboxylic acids is 1. The molecule has 0 aliphatic carbocycles. The summed E-state index contributed by atoms with van der Waals surface area (Å²) in [5.41, 5.74) is 5.76. The number of anilines is 4. The number of carbonyl (C=O) groups is 1. The van der Waals surface area contributed by atoms with E-state index in [9.17, 15) is 4.79 Å². The van der Waals surface area contributed by atoms with Crippen molar-refractivity contribution in [2.24, 2.45) is 0 Å². The van der Waals surface area contributed by atoms with Gasteiger partial charge in [0.05, 0.1) is 22.3 Å². The Morgan fingerprint density at radius 2 is 1.68 bits per heavy atom. The zero-order chi connectivity index (χ0) is 25.8. The predicted octanol–water partition coefficient (Wildman–Crippen LogP) is 6.91. The zero-order valence-corrected chi connectivity index (χ0v) is 21.4. The number of aliphatic carboxylic acids is 1. The van der Waals surface area contributed by atoms with E-state index in [1.807, 2.05) is 36.4 Å². The van der Waals surface area contributed by atoms with Crippen LogP contribution in [0, 0.1) is 0 Å². The minimum Gasteiger partial charge on any atom is -0.481 e. The Labute approximate surface area is 219 Å². The molecule has 2 aromatic heterocycles. The first-order chi connectivity index (χ1) is 17.9. The van der Waals surface area contributed by atoms with E-state index in [0.29, 0.717) is 24.1 Å². The number of thiazole rings is 1. The molecule has 0 spiro atoms. The Bertz CT molecular complexity index is 1530. The highest BCUT2D eigenvalue weighted by molar-refractivity contribution is 7.22. The van der Waals surface area contributed by atoms with Crippen molar-refractivity contribution in [2.75, 3.05) is 10.6 Å². The van der Waals surface area contributed by atoms with Crippen LogP contribution >= 0.6 is 11.3 Å². The molecule has 37 heavy (non-hydrogen) atoms. The summed E-state index contributed by atoms with van der Waals surface area (Å²) in [6, 6.07) is 25.7. The van der Waals surface area contributed by atoms with Crippen molar-refractivity contribution in [1.82, 2.24) is 15.0 Å². The van der Waals surface area contributed by atoms with Gasteiger partial charge in [0.1, 0.15) is 5.82 Å². The molecule has 7 nitrogen and oxygen atoms in total. The molecule has 0 atom stereocenters. The maximum Gasteiger partial charge on any atom is 0.307 e. The summed E-state index contributed by atoms with van der Waals surface area (Å²) in [6.45, 7) is 4.37. The first-order valence-electron chi connectivity index (χ1n) is 12.1. The number of nitrogens with zero attached hydrogens (tertiary/aromatic N) is 3. The largest absolute Gasteiger partial charge is 0.481 e. The first-order valence-corrected chi connectivity index (χ1v) is 12.9. The fourth-order valence-electron chi connectivity index (χ4n) is 3.99. The van der Waals surface area contributed by atoms with Crippen LogP contribution in [0.2, 0.25) is 0 Å². The number of benzene rings is 3. The van der Waals surface area contributed by atoms with E-state index in [2.05, 4.69) is 54.8 Å². The molecule has 186 valence electrons.